The summed E-state index contributed by atoms with van der Waals surface area (Å²) in [5.41, 5.74) is 3.03. The predicted octanol–water partition coefficient (Wildman–Crippen LogP) is 4.52. The first kappa shape index (κ1) is 16.2. The second kappa shape index (κ2) is 6.34. The number of hydrogen-bond acceptors (Lipinski definition) is 3. The van der Waals surface area contributed by atoms with Crippen LogP contribution >= 0.6 is 0 Å². The number of nitrogens with zero attached hydrogens (tertiary/aromatic N) is 4. The van der Waals surface area contributed by atoms with Crippen LogP contribution in [0.1, 0.15) is 43.7 Å². The largest absolute Gasteiger partial charge is 0.273 e. The third-order valence-corrected chi connectivity index (χ3v) is 5.64. The Morgan fingerprint density at radius 2 is 1.70 bits per heavy atom. The number of hydrogen-bond donors (Lipinski definition) is 0. The van der Waals surface area contributed by atoms with E-state index in [0.717, 1.165) is 36.8 Å². The zero-order chi connectivity index (χ0) is 18.4. The minimum absolute atomic E-state index is 0.0489. The monoisotopic (exact) mass is 358 g/mol. The molecule has 0 aliphatic heterocycles. The quantitative estimate of drug-likeness (QED) is 0.529. The number of fused-ring (bicyclic) bond motifs is 3. The average Bonchev–Trinajstić information content (AvgIpc) is 3.15. The highest BCUT2D eigenvalue weighted by Crippen LogP contribution is 2.29. The van der Waals surface area contributed by atoms with Gasteiger partial charge in [0.2, 0.25) is 5.78 Å². The van der Waals surface area contributed by atoms with Crippen molar-refractivity contribution >= 4 is 16.7 Å². The van der Waals surface area contributed by atoms with Gasteiger partial charge in [0.15, 0.2) is 5.82 Å². The summed E-state index contributed by atoms with van der Waals surface area (Å²) < 4.78 is 3.74. The predicted molar refractivity (Wildman–Crippen MR) is 107 cm³/mol. The maximum Gasteiger partial charge on any atom is 0.263 e. The summed E-state index contributed by atoms with van der Waals surface area (Å²) in [6, 6.07) is 16.1. The van der Waals surface area contributed by atoms with Crippen LogP contribution in [0.2, 0.25) is 0 Å². The first-order valence-corrected chi connectivity index (χ1v) is 9.69. The van der Waals surface area contributed by atoms with Crippen LogP contribution in [-0.2, 0) is 0 Å². The van der Waals surface area contributed by atoms with Crippen LogP contribution in [0.3, 0.4) is 0 Å². The fraction of sp³-hybridized carbons (Fsp3) is 0.318. The lowest BCUT2D eigenvalue weighted by atomic mass is 9.95. The van der Waals surface area contributed by atoms with Crippen molar-refractivity contribution in [2.45, 2.75) is 45.1 Å². The van der Waals surface area contributed by atoms with Crippen molar-refractivity contribution in [3.05, 3.63) is 64.4 Å². The van der Waals surface area contributed by atoms with Gasteiger partial charge in [-0.05, 0) is 31.9 Å². The molecule has 0 radical (unpaired) electrons. The Kier molecular flexibility index (Phi) is 3.81. The SMILES string of the molecule is Cc1ccc(-c2nc3n(C4CCCCC4)c(=O)c4ccccc4n3n2)cc1. The molecular weight excluding hydrogens is 336 g/mol. The second-order valence-electron chi connectivity index (χ2n) is 7.50. The topological polar surface area (TPSA) is 52.2 Å². The van der Waals surface area contributed by atoms with Crippen molar-refractivity contribution in [1.29, 1.82) is 0 Å². The molecule has 0 spiro atoms. The Bertz CT molecular complexity index is 1180. The molecule has 1 aliphatic carbocycles. The zero-order valence-electron chi connectivity index (χ0n) is 15.4. The number of benzene rings is 2. The fourth-order valence-electron chi connectivity index (χ4n) is 4.17. The molecule has 5 rings (SSSR count). The van der Waals surface area contributed by atoms with Gasteiger partial charge in [-0.15, -0.1) is 5.10 Å². The molecule has 5 heteroatoms. The zero-order valence-corrected chi connectivity index (χ0v) is 15.4. The van der Waals surface area contributed by atoms with E-state index in [1.165, 1.54) is 12.0 Å². The normalized spacial score (nSPS) is 15.6. The number of aromatic nitrogens is 4. The van der Waals surface area contributed by atoms with Crippen LogP contribution in [0.25, 0.3) is 28.1 Å². The van der Waals surface area contributed by atoms with E-state index in [2.05, 4.69) is 19.1 Å². The third-order valence-electron chi connectivity index (χ3n) is 5.64. The van der Waals surface area contributed by atoms with Gasteiger partial charge < -0.3 is 0 Å². The van der Waals surface area contributed by atoms with E-state index in [1.807, 2.05) is 45.5 Å². The maximum atomic E-state index is 13.3. The Hall–Kier alpha value is -2.95. The average molecular weight is 358 g/mol. The van der Waals surface area contributed by atoms with Crippen LogP contribution in [0.15, 0.2) is 53.3 Å². The molecule has 1 fully saturated rings. The van der Waals surface area contributed by atoms with E-state index in [9.17, 15) is 4.79 Å². The minimum Gasteiger partial charge on any atom is -0.273 e. The minimum atomic E-state index is 0.0489. The molecule has 2 aromatic carbocycles. The van der Waals surface area contributed by atoms with Gasteiger partial charge in [0.05, 0.1) is 10.9 Å². The number of para-hydroxylation sites is 1. The van der Waals surface area contributed by atoms with E-state index in [0.29, 0.717) is 17.0 Å². The molecule has 1 saturated carbocycles. The second-order valence-corrected chi connectivity index (χ2v) is 7.50. The van der Waals surface area contributed by atoms with Crippen LogP contribution in [0, 0.1) is 6.92 Å². The van der Waals surface area contributed by atoms with Crippen LogP contribution < -0.4 is 5.56 Å². The van der Waals surface area contributed by atoms with E-state index in [-0.39, 0.29) is 11.6 Å². The Balaban J connectivity index is 1.82. The van der Waals surface area contributed by atoms with Crippen LogP contribution in [0.5, 0.6) is 0 Å². The molecule has 0 atom stereocenters. The fourth-order valence-corrected chi connectivity index (χ4v) is 4.17. The summed E-state index contributed by atoms with van der Waals surface area (Å²) in [7, 11) is 0. The molecule has 2 heterocycles. The van der Waals surface area contributed by atoms with Gasteiger partial charge in [0, 0.05) is 11.6 Å². The lowest BCUT2D eigenvalue weighted by Gasteiger charge is -2.24. The molecule has 5 nitrogen and oxygen atoms in total. The van der Waals surface area contributed by atoms with Crippen molar-refractivity contribution < 1.29 is 0 Å². The molecule has 0 unspecified atom stereocenters. The van der Waals surface area contributed by atoms with E-state index < -0.39 is 0 Å². The maximum absolute atomic E-state index is 13.3. The molecule has 1 aliphatic rings. The number of aryl methyl sites for hydroxylation is 1. The van der Waals surface area contributed by atoms with Gasteiger partial charge in [-0.1, -0.05) is 61.2 Å². The lowest BCUT2D eigenvalue weighted by Crippen LogP contribution is -2.28. The summed E-state index contributed by atoms with van der Waals surface area (Å²) >= 11 is 0. The summed E-state index contributed by atoms with van der Waals surface area (Å²) in [6.45, 7) is 2.06. The Morgan fingerprint density at radius 1 is 0.963 bits per heavy atom. The van der Waals surface area contributed by atoms with Crippen molar-refractivity contribution in [3.63, 3.8) is 0 Å². The summed E-state index contributed by atoms with van der Waals surface area (Å²) in [5.74, 6) is 1.32. The molecule has 4 aromatic rings. The standard InChI is InChI=1S/C22H22N4O/c1-15-11-13-16(14-12-15)20-23-22-25(17-7-3-2-4-8-17)21(27)18-9-5-6-10-19(18)26(22)24-20/h5-6,9-14,17H,2-4,7-8H2,1H3. The van der Waals surface area contributed by atoms with Gasteiger partial charge in [0.25, 0.3) is 5.56 Å². The van der Waals surface area contributed by atoms with Gasteiger partial charge in [-0.2, -0.15) is 9.50 Å². The van der Waals surface area contributed by atoms with E-state index in [1.54, 1.807) is 0 Å². The highest BCUT2D eigenvalue weighted by atomic mass is 16.1. The molecule has 0 bridgehead atoms. The highest BCUT2D eigenvalue weighted by molar-refractivity contribution is 5.80. The highest BCUT2D eigenvalue weighted by Gasteiger charge is 2.23. The van der Waals surface area contributed by atoms with Crippen molar-refractivity contribution in [2.75, 3.05) is 0 Å². The molecule has 27 heavy (non-hydrogen) atoms. The molecule has 0 saturated heterocycles. The summed E-state index contributed by atoms with van der Waals surface area (Å²) in [6.07, 6.45) is 5.63. The van der Waals surface area contributed by atoms with E-state index >= 15 is 0 Å². The first-order chi connectivity index (χ1) is 13.2. The third kappa shape index (κ3) is 2.65. The Labute approximate surface area is 157 Å². The van der Waals surface area contributed by atoms with Gasteiger partial charge in [-0.25, -0.2) is 0 Å². The van der Waals surface area contributed by atoms with Gasteiger partial charge in [0.1, 0.15) is 0 Å². The molecule has 2 aromatic heterocycles. The van der Waals surface area contributed by atoms with Crippen LogP contribution in [-0.4, -0.2) is 19.2 Å². The van der Waals surface area contributed by atoms with Crippen molar-refractivity contribution in [2.24, 2.45) is 0 Å². The summed E-state index contributed by atoms with van der Waals surface area (Å²) in [4.78, 5) is 18.1. The van der Waals surface area contributed by atoms with Gasteiger partial charge in [-0.3, -0.25) is 9.36 Å². The molecule has 136 valence electrons. The van der Waals surface area contributed by atoms with Crippen LogP contribution in [0.4, 0.5) is 0 Å². The molecule has 0 amide bonds. The smallest absolute Gasteiger partial charge is 0.263 e. The first-order valence-electron chi connectivity index (χ1n) is 9.69. The number of rotatable bonds is 2. The van der Waals surface area contributed by atoms with Crippen molar-refractivity contribution in [1.82, 2.24) is 19.2 Å². The van der Waals surface area contributed by atoms with Crippen molar-refractivity contribution in [3.8, 4) is 11.4 Å². The Morgan fingerprint density at radius 3 is 2.48 bits per heavy atom. The van der Waals surface area contributed by atoms with E-state index in [4.69, 9.17) is 10.1 Å². The molecular formula is C22H22N4O. The lowest BCUT2D eigenvalue weighted by molar-refractivity contribution is 0.351. The molecule has 0 N–H and O–H groups in total. The summed E-state index contributed by atoms with van der Waals surface area (Å²) in [5, 5.41) is 5.49. The van der Waals surface area contributed by atoms with Gasteiger partial charge >= 0.3 is 0 Å².